The molecule has 9 nitrogen and oxygen atoms in total. The van der Waals surface area contributed by atoms with Crippen LogP contribution in [0.15, 0.2) is 72.3 Å². The number of carbonyl (C=O) groups is 3. The molecule has 0 aromatic heterocycles. The van der Waals surface area contributed by atoms with Gasteiger partial charge in [-0.3, -0.25) is 25.0 Å². The minimum absolute atomic E-state index is 0.0644. The largest absolute Gasteiger partial charge is 0.488 e. The Labute approximate surface area is 208 Å². The van der Waals surface area contributed by atoms with Crippen molar-refractivity contribution in [2.24, 2.45) is 0 Å². The summed E-state index contributed by atoms with van der Waals surface area (Å²) in [4.78, 5) is 49.2. The lowest BCUT2D eigenvalue weighted by Crippen LogP contribution is -2.54. The first-order valence-electron chi connectivity index (χ1n) is 10.1. The van der Waals surface area contributed by atoms with Crippen LogP contribution in [0, 0.1) is 10.1 Å². The van der Waals surface area contributed by atoms with Crippen LogP contribution in [-0.2, 0) is 16.2 Å². The van der Waals surface area contributed by atoms with Crippen LogP contribution in [0.25, 0.3) is 6.08 Å². The summed E-state index contributed by atoms with van der Waals surface area (Å²) >= 11 is 12.0. The maximum absolute atomic E-state index is 13.2. The van der Waals surface area contributed by atoms with E-state index in [1.165, 1.54) is 30.3 Å². The van der Waals surface area contributed by atoms with Crippen molar-refractivity contribution in [2.45, 2.75) is 6.61 Å². The molecule has 1 N–H and O–H groups in total. The molecule has 11 heteroatoms. The van der Waals surface area contributed by atoms with E-state index in [0.717, 1.165) is 11.6 Å². The second-order valence-corrected chi connectivity index (χ2v) is 8.20. The number of anilines is 1. The molecule has 1 fully saturated rings. The maximum Gasteiger partial charge on any atom is 0.335 e. The minimum Gasteiger partial charge on any atom is -0.488 e. The first kappa shape index (κ1) is 23.9. The van der Waals surface area contributed by atoms with Gasteiger partial charge in [-0.2, -0.15) is 0 Å². The average Bonchev–Trinajstić information content (AvgIpc) is 2.82. The Bertz CT molecular complexity index is 1390. The zero-order valence-corrected chi connectivity index (χ0v) is 19.2. The van der Waals surface area contributed by atoms with Gasteiger partial charge >= 0.3 is 6.03 Å². The lowest BCUT2D eigenvalue weighted by atomic mass is 10.1. The van der Waals surface area contributed by atoms with Crippen LogP contribution in [0.4, 0.5) is 16.2 Å². The number of benzene rings is 3. The van der Waals surface area contributed by atoms with Crippen molar-refractivity contribution < 1.29 is 24.0 Å². The molecule has 0 unspecified atom stereocenters. The second-order valence-electron chi connectivity index (χ2n) is 7.33. The molecule has 0 bridgehead atoms. The third kappa shape index (κ3) is 5.32. The molecule has 1 aliphatic heterocycles. The monoisotopic (exact) mass is 511 g/mol. The van der Waals surface area contributed by atoms with Gasteiger partial charge in [-0.05, 0) is 48.0 Å². The highest BCUT2D eigenvalue weighted by Gasteiger charge is 2.37. The molecule has 3 aromatic rings. The first-order chi connectivity index (χ1) is 16.7. The molecule has 1 heterocycles. The Morgan fingerprint density at radius 3 is 2.40 bits per heavy atom. The van der Waals surface area contributed by atoms with Gasteiger partial charge in [0.15, 0.2) is 0 Å². The Kier molecular flexibility index (Phi) is 6.81. The number of nitro benzene ring substituents is 1. The fourth-order valence-electron chi connectivity index (χ4n) is 3.30. The third-order valence-electron chi connectivity index (χ3n) is 4.98. The lowest BCUT2D eigenvalue weighted by molar-refractivity contribution is -0.384. The van der Waals surface area contributed by atoms with Crippen molar-refractivity contribution in [3.8, 4) is 5.75 Å². The van der Waals surface area contributed by atoms with Crippen molar-refractivity contribution in [3.05, 3.63) is 104 Å². The molecular weight excluding hydrogens is 497 g/mol. The van der Waals surface area contributed by atoms with E-state index in [0.29, 0.717) is 26.3 Å². The van der Waals surface area contributed by atoms with Crippen LogP contribution in [-0.4, -0.2) is 22.8 Å². The fourth-order valence-corrected chi connectivity index (χ4v) is 3.60. The Hall–Kier alpha value is -4.21. The van der Waals surface area contributed by atoms with E-state index in [9.17, 15) is 24.5 Å². The number of amides is 4. The summed E-state index contributed by atoms with van der Waals surface area (Å²) in [5.74, 6) is -1.55. The number of nitro groups is 1. The number of imide groups is 2. The third-order valence-corrected chi connectivity index (χ3v) is 5.47. The normalized spacial score (nSPS) is 14.7. The van der Waals surface area contributed by atoms with Gasteiger partial charge in [0.1, 0.15) is 17.9 Å². The highest BCUT2D eigenvalue weighted by atomic mass is 35.5. The number of ether oxygens (including phenoxy) is 1. The van der Waals surface area contributed by atoms with Crippen molar-refractivity contribution in [1.82, 2.24) is 5.32 Å². The molecule has 4 rings (SSSR count). The van der Waals surface area contributed by atoms with E-state index in [1.807, 2.05) is 0 Å². The van der Waals surface area contributed by atoms with Crippen LogP contribution in [0.2, 0.25) is 10.0 Å². The molecule has 176 valence electrons. The Morgan fingerprint density at radius 2 is 1.69 bits per heavy atom. The van der Waals surface area contributed by atoms with Gasteiger partial charge in [0, 0.05) is 27.7 Å². The van der Waals surface area contributed by atoms with Crippen molar-refractivity contribution in [2.75, 3.05) is 4.90 Å². The number of halogens is 2. The Balaban J connectivity index is 1.68. The van der Waals surface area contributed by atoms with E-state index in [1.54, 1.807) is 36.4 Å². The van der Waals surface area contributed by atoms with Gasteiger partial charge in [0.05, 0.1) is 10.6 Å². The number of carbonyl (C=O) groups excluding carboxylic acids is 3. The van der Waals surface area contributed by atoms with E-state index in [-0.39, 0.29) is 23.6 Å². The van der Waals surface area contributed by atoms with E-state index in [4.69, 9.17) is 27.9 Å². The first-order valence-corrected chi connectivity index (χ1v) is 10.8. The highest BCUT2D eigenvalue weighted by molar-refractivity contribution is 6.39. The average molecular weight is 512 g/mol. The molecule has 3 aromatic carbocycles. The standard InChI is InChI=1S/C24H15Cl2N3O6/c25-16-6-4-14(5-7-16)13-35-21-9-8-17(26)10-15(21)11-20-22(30)27-24(32)28(23(20)31)18-2-1-3-19(12-18)29(33)34/h1-12H,13H2,(H,27,30,32)/b20-11+. The van der Waals surface area contributed by atoms with E-state index < -0.39 is 22.8 Å². The van der Waals surface area contributed by atoms with Gasteiger partial charge in [-0.25, -0.2) is 9.69 Å². The van der Waals surface area contributed by atoms with Crippen LogP contribution < -0.4 is 15.0 Å². The molecular formula is C24H15Cl2N3O6. The number of hydrogen-bond donors (Lipinski definition) is 1. The Morgan fingerprint density at radius 1 is 0.971 bits per heavy atom. The summed E-state index contributed by atoms with van der Waals surface area (Å²) in [6.45, 7) is 0.174. The van der Waals surface area contributed by atoms with Crippen LogP contribution in [0.1, 0.15) is 11.1 Å². The fraction of sp³-hybridized carbons (Fsp3) is 0.0417. The van der Waals surface area contributed by atoms with Crippen molar-refractivity contribution in [1.29, 1.82) is 0 Å². The molecule has 35 heavy (non-hydrogen) atoms. The molecule has 1 saturated heterocycles. The minimum atomic E-state index is -1.03. The topological polar surface area (TPSA) is 119 Å². The molecule has 1 aliphatic rings. The van der Waals surface area contributed by atoms with Crippen LogP contribution in [0.3, 0.4) is 0 Å². The number of rotatable bonds is 6. The van der Waals surface area contributed by atoms with Gasteiger partial charge in [-0.1, -0.05) is 41.4 Å². The number of nitrogens with one attached hydrogen (secondary N) is 1. The number of urea groups is 1. The highest BCUT2D eigenvalue weighted by Crippen LogP contribution is 2.29. The zero-order chi connectivity index (χ0) is 25.1. The molecule has 0 saturated carbocycles. The molecule has 0 atom stereocenters. The molecule has 0 spiro atoms. The summed E-state index contributed by atoms with van der Waals surface area (Å²) < 4.78 is 5.86. The maximum atomic E-state index is 13.2. The lowest BCUT2D eigenvalue weighted by Gasteiger charge is -2.26. The summed E-state index contributed by atoms with van der Waals surface area (Å²) in [7, 11) is 0. The predicted octanol–water partition coefficient (Wildman–Crippen LogP) is 5.15. The zero-order valence-electron chi connectivity index (χ0n) is 17.7. The van der Waals surface area contributed by atoms with Gasteiger partial charge < -0.3 is 4.74 Å². The van der Waals surface area contributed by atoms with E-state index in [2.05, 4.69) is 5.32 Å². The number of hydrogen-bond acceptors (Lipinski definition) is 6. The quantitative estimate of drug-likeness (QED) is 0.211. The summed E-state index contributed by atoms with van der Waals surface area (Å²) in [5, 5.41) is 14.1. The number of nitrogens with zero attached hydrogens (tertiary/aromatic N) is 2. The number of non-ortho nitro benzene ring substituents is 1. The van der Waals surface area contributed by atoms with Gasteiger partial charge in [0.25, 0.3) is 17.5 Å². The second kappa shape index (κ2) is 9.96. The summed E-state index contributed by atoms with van der Waals surface area (Å²) in [6.07, 6.45) is 1.25. The molecule has 0 radical (unpaired) electrons. The van der Waals surface area contributed by atoms with Gasteiger partial charge in [-0.15, -0.1) is 0 Å². The van der Waals surface area contributed by atoms with Crippen LogP contribution >= 0.6 is 23.2 Å². The van der Waals surface area contributed by atoms with Gasteiger partial charge in [0.2, 0.25) is 0 Å². The molecule has 4 amide bonds. The van der Waals surface area contributed by atoms with Crippen molar-refractivity contribution in [3.63, 3.8) is 0 Å². The summed E-state index contributed by atoms with van der Waals surface area (Å²) in [6, 6.07) is 15.6. The predicted molar refractivity (Wildman–Crippen MR) is 129 cm³/mol. The number of barbiturate groups is 1. The molecule has 0 aliphatic carbocycles. The SMILES string of the molecule is O=C1NC(=O)N(c2cccc([N+](=O)[O-])c2)C(=O)/C1=C/c1cc(Cl)ccc1OCc1ccc(Cl)cc1. The van der Waals surface area contributed by atoms with E-state index >= 15 is 0 Å². The van der Waals surface area contributed by atoms with Crippen LogP contribution in [0.5, 0.6) is 5.75 Å². The van der Waals surface area contributed by atoms with Crippen molar-refractivity contribution >= 4 is 58.5 Å². The summed E-state index contributed by atoms with van der Waals surface area (Å²) in [5.41, 5.74) is 0.383. The smallest absolute Gasteiger partial charge is 0.335 e.